The monoisotopic (exact) mass is 539 g/mol. The summed E-state index contributed by atoms with van der Waals surface area (Å²) in [6.45, 7) is 3.19. The first-order valence-electron chi connectivity index (χ1n) is 12.6. The van der Waals surface area contributed by atoms with E-state index in [1.165, 1.54) is 17.7 Å². The number of aryl methyl sites for hydroxylation is 2. The molecule has 0 saturated carbocycles. The number of hydrogen-bond donors (Lipinski definition) is 2. The number of aromatic nitrogens is 1. The third-order valence-corrected chi connectivity index (χ3v) is 7.32. The van der Waals surface area contributed by atoms with Gasteiger partial charge < -0.3 is 15.8 Å². The highest BCUT2D eigenvalue weighted by molar-refractivity contribution is 7.05. The Labute approximate surface area is 224 Å². The van der Waals surface area contributed by atoms with E-state index in [-0.39, 0.29) is 24.1 Å². The molecule has 0 aliphatic carbocycles. The zero-order valence-corrected chi connectivity index (χ0v) is 22.0. The van der Waals surface area contributed by atoms with E-state index >= 15 is 0 Å². The first-order chi connectivity index (χ1) is 18.3. The zero-order valence-electron chi connectivity index (χ0n) is 21.2. The molecule has 0 aliphatic heterocycles. The van der Waals surface area contributed by atoms with Crippen molar-refractivity contribution in [2.75, 3.05) is 6.54 Å². The number of halogens is 2. The van der Waals surface area contributed by atoms with E-state index in [4.69, 9.17) is 10.5 Å². The molecule has 2 unspecified atom stereocenters. The Kier molecular flexibility index (Phi) is 9.38. The van der Waals surface area contributed by atoms with Crippen LogP contribution in [0.4, 0.5) is 8.78 Å². The number of esters is 1. The van der Waals surface area contributed by atoms with Crippen molar-refractivity contribution in [2.24, 2.45) is 5.73 Å². The highest BCUT2D eigenvalue weighted by atomic mass is 32.1. The lowest BCUT2D eigenvalue weighted by Crippen LogP contribution is -2.46. The van der Waals surface area contributed by atoms with Gasteiger partial charge in [-0.2, -0.15) is 0 Å². The fourth-order valence-corrected chi connectivity index (χ4v) is 5.29. The fraction of sp³-hybridized carbons (Fsp3) is 0.310. The molecule has 2 atom stereocenters. The first-order valence-corrected chi connectivity index (χ1v) is 13.4. The summed E-state index contributed by atoms with van der Waals surface area (Å²) >= 11 is 1.06. The van der Waals surface area contributed by atoms with Crippen molar-refractivity contribution in [3.63, 3.8) is 0 Å². The number of para-hydroxylation sites is 1. The number of benzene rings is 3. The van der Waals surface area contributed by atoms with Gasteiger partial charge in [-0.3, -0.25) is 13.5 Å². The Balaban J connectivity index is 1.42. The summed E-state index contributed by atoms with van der Waals surface area (Å²) in [5.74, 6) is -1.84. The molecule has 0 amide bonds. The van der Waals surface area contributed by atoms with Gasteiger partial charge in [0.05, 0.1) is 17.3 Å². The molecule has 38 heavy (non-hydrogen) atoms. The summed E-state index contributed by atoms with van der Waals surface area (Å²) < 4.78 is 34.9. The maximum absolute atomic E-state index is 13.7. The Bertz CT molecular complexity index is 1430. The van der Waals surface area contributed by atoms with Gasteiger partial charge in [-0.15, -0.1) is 0 Å². The van der Waals surface area contributed by atoms with Gasteiger partial charge >= 0.3 is 5.97 Å². The smallest absolute Gasteiger partial charge is 0.308 e. The summed E-state index contributed by atoms with van der Waals surface area (Å²) in [6.07, 6.45) is 0.367. The first kappa shape index (κ1) is 27.6. The van der Waals surface area contributed by atoms with Crippen LogP contribution in [0.25, 0.3) is 10.9 Å². The number of carbonyl (C=O) groups excluding carboxylic acids is 1. The van der Waals surface area contributed by atoms with Crippen LogP contribution >= 0.6 is 11.5 Å². The average Bonchev–Trinajstić information content (AvgIpc) is 3.22. The van der Waals surface area contributed by atoms with Crippen molar-refractivity contribution in [2.45, 2.75) is 51.4 Å². The molecule has 200 valence electrons. The molecule has 6 nitrogen and oxygen atoms in total. The van der Waals surface area contributed by atoms with E-state index in [1.54, 1.807) is 16.1 Å². The number of hydrogen-bond acceptors (Lipinski definition) is 6. The van der Waals surface area contributed by atoms with Gasteiger partial charge in [-0.05, 0) is 65.3 Å². The van der Waals surface area contributed by atoms with Crippen molar-refractivity contribution in [3.8, 4) is 0 Å². The number of nitrogens with one attached hydrogen (secondary N) is 1. The Hall–Kier alpha value is -3.40. The highest BCUT2D eigenvalue weighted by Gasteiger charge is 2.23. The van der Waals surface area contributed by atoms with Crippen LogP contribution in [-0.4, -0.2) is 28.6 Å². The van der Waals surface area contributed by atoms with Crippen LogP contribution in [0.1, 0.15) is 30.0 Å². The van der Waals surface area contributed by atoms with Gasteiger partial charge in [0.1, 0.15) is 17.7 Å². The predicted molar refractivity (Wildman–Crippen MR) is 146 cm³/mol. The zero-order chi connectivity index (χ0) is 27.1. The molecule has 0 saturated heterocycles. The molecule has 0 spiro atoms. The van der Waals surface area contributed by atoms with Crippen molar-refractivity contribution in [1.82, 2.24) is 9.27 Å². The Morgan fingerprint density at radius 2 is 1.76 bits per heavy atom. The van der Waals surface area contributed by atoms with E-state index in [0.29, 0.717) is 24.0 Å². The standard InChI is InChI=1S/C29H31F2N3O3S/c1-2-19-6-5-7-20(12-19)17-33-18-27(25(32)15-21-13-22(30)16-23(31)14-21)37-28(35)10-11-34-26-9-4-3-8-24(26)29(36)38-34/h3-9,12-14,16,25,27,33H,2,10-11,15,17-18,32H2,1H3. The summed E-state index contributed by atoms with van der Waals surface area (Å²) in [7, 11) is 0. The van der Waals surface area contributed by atoms with E-state index in [1.807, 2.05) is 24.3 Å². The molecule has 0 radical (unpaired) electrons. The number of fused-ring (bicyclic) bond motifs is 1. The maximum atomic E-state index is 13.7. The van der Waals surface area contributed by atoms with Crippen LogP contribution in [0.3, 0.4) is 0 Å². The van der Waals surface area contributed by atoms with Crippen LogP contribution in [0.2, 0.25) is 0 Å². The molecular formula is C29H31F2N3O3S. The molecule has 0 bridgehead atoms. The molecule has 3 N–H and O–H groups in total. The van der Waals surface area contributed by atoms with Gasteiger partial charge in [0, 0.05) is 31.7 Å². The van der Waals surface area contributed by atoms with E-state index in [9.17, 15) is 18.4 Å². The molecule has 4 rings (SSSR count). The van der Waals surface area contributed by atoms with Crippen molar-refractivity contribution in [1.29, 1.82) is 0 Å². The van der Waals surface area contributed by atoms with Crippen LogP contribution < -0.4 is 15.8 Å². The second-order valence-electron chi connectivity index (χ2n) is 9.23. The fourth-order valence-electron chi connectivity index (χ4n) is 4.38. The number of rotatable bonds is 12. The molecule has 9 heteroatoms. The molecule has 1 heterocycles. The molecule has 4 aromatic rings. The predicted octanol–water partition coefficient (Wildman–Crippen LogP) is 4.57. The quantitative estimate of drug-likeness (QED) is 0.258. The Morgan fingerprint density at radius 1 is 1.03 bits per heavy atom. The van der Waals surface area contributed by atoms with Crippen LogP contribution in [-0.2, 0) is 35.5 Å². The van der Waals surface area contributed by atoms with Gasteiger partial charge in [0.25, 0.3) is 4.74 Å². The third-order valence-electron chi connectivity index (χ3n) is 6.33. The van der Waals surface area contributed by atoms with Gasteiger partial charge in [0.2, 0.25) is 0 Å². The summed E-state index contributed by atoms with van der Waals surface area (Å²) in [5, 5.41) is 3.91. The lowest BCUT2D eigenvalue weighted by molar-refractivity contribution is -0.150. The number of nitrogens with two attached hydrogens (primary N) is 1. The van der Waals surface area contributed by atoms with Crippen LogP contribution in [0.5, 0.6) is 0 Å². The van der Waals surface area contributed by atoms with Crippen molar-refractivity contribution < 1.29 is 18.3 Å². The third kappa shape index (κ3) is 7.34. The van der Waals surface area contributed by atoms with Crippen molar-refractivity contribution >= 4 is 28.4 Å². The van der Waals surface area contributed by atoms with Gasteiger partial charge in [0.15, 0.2) is 0 Å². The minimum absolute atomic E-state index is 0.0466. The van der Waals surface area contributed by atoms with Crippen LogP contribution in [0.15, 0.2) is 71.5 Å². The topological polar surface area (TPSA) is 86.3 Å². The summed E-state index contributed by atoms with van der Waals surface area (Å²) in [4.78, 5) is 25.1. The average molecular weight is 540 g/mol. The largest absolute Gasteiger partial charge is 0.459 e. The molecule has 1 aromatic heterocycles. The van der Waals surface area contributed by atoms with E-state index in [2.05, 4.69) is 24.4 Å². The van der Waals surface area contributed by atoms with Crippen molar-refractivity contribution in [3.05, 3.63) is 105 Å². The maximum Gasteiger partial charge on any atom is 0.308 e. The Morgan fingerprint density at radius 3 is 2.53 bits per heavy atom. The van der Waals surface area contributed by atoms with Gasteiger partial charge in [-0.1, -0.05) is 43.3 Å². The molecule has 0 fully saturated rings. The number of carbonyl (C=O) groups is 1. The lowest BCUT2D eigenvalue weighted by atomic mass is 10.0. The lowest BCUT2D eigenvalue weighted by Gasteiger charge is -2.25. The van der Waals surface area contributed by atoms with E-state index < -0.39 is 29.7 Å². The summed E-state index contributed by atoms with van der Waals surface area (Å²) in [6, 6.07) is 18.0. The van der Waals surface area contributed by atoms with Gasteiger partial charge in [-0.25, -0.2) is 8.78 Å². The molecule has 3 aromatic carbocycles. The number of ether oxygens (including phenoxy) is 1. The molecular weight excluding hydrogens is 508 g/mol. The van der Waals surface area contributed by atoms with Crippen LogP contribution in [0, 0.1) is 11.6 Å². The highest BCUT2D eigenvalue weighted by Crippen LogP contribution is 2.16. The SMILES string of the molecule is CCc1cccc(CNCC(OC(=O)CCn2sc(=O)c3ccccc32)C(N)Cc2cc(F)cc(F)c2)c1. The summed E-state index contributed by atoms with van der Waals surface area (Å²) in [5.41, 5.74) is 9.86. The minimum Gasteiger partial charge on any atom is -0.459 e. The molecule has 0 aliphatic rings. The van der Waals surface area contributed by atoms with E-state index in [0.717, 1.165) is 35.1 Å². The minimum atomic E-state index is -0.733. The second kappa shape index (κ2) is 12.9. The normalized spacial score (nSPS) is 12.9. The number of nitrogens with zero attached hydrogens (tertiary/aromatic N) is 1. The second-order valence-corrected chi connectivity index (χ2v) is 10.2.